The molecule has 3 heteroatoms. The summed E-state index contributed by atoms with van der Waals surface area (Å²) in [5, 5.41) is 0. The van der Waals surface area contributed by atoms with Crippen molar-refractivity contribution in [1.29, 1.82) is 0 Å². The SMILES string of the molecule is CC1CN(C2(CN)CC(C)(C)CC(C)(C)C2)CCCO1. The second kappa shape index (κ2) is 5.58. The van der Waals surface area contributed by atoms with Crippen molar-refractivity contribution in [2.24, 2.45) is 16.6 Å². The summed E-state index contributed by atoms with van der Waals surface area (Å²) in [6, 6.07) is 0. The average Bonchev–Trinajstić information content (AvgIpc) is 2.50. The molecule has 20 heavy (non-hydrogen) atoms. The summed E-state index contributed by atoms with van der Waals surface area (Å²) in [4.78, 5) is 2.66. The minimum Gasteiger partial charge on any atom is -0.377 e. The normalized spacial score (nSPS) is 33.6. The first-order chi connectivity index (χ1) is 9.18. The molecule has 0 aromatic heterocycles. The maximum atomic E-state index is 6.33. The molecule has 2 rings (SSSR count). The quantitative estimate of drug-likeness (QED) is 0.846. The minimum atomic E-state index is 0.160. The van der Waals surface area contributed by atoms with Gasteiger partial charge in [0.2, 0.25) is 0 Å². The van der Waals surface area contributed by atoms with Gasteiger partial charge in [0.15, 0.2) is 0 Å². The van der Waals surface area contributed by atoms with Crippen molar-refractivity contribution in [3.63, 3.8) is 0 Å². The van der Waals surface area contributed by atoms with Crippen LogP contribution in [0.5, 0.6) is 0 Å². The number of hydrogen-bond acceptors (Lipinski definition) is 3. The summed E-state index contributed by atoms with van der Waals surface area (Å²) in [7, 11) is 0. The number of rotatable bonds is 2. The van der Waals surface area contributed by atoms with E-state index in [4.69, 9.17) is 10.5 Å². The molecule has 0 bridgehead atoms. The van der Waals surface area contributed by atoms with Crippen LogP contribution < -0.4 is 5.73 Å². The third-order valence-corrected chi connectivity index (χ3v) is 5.08. The predicted molar refractivity (Wildman–Crippen MR) is 84.8 cm³/mol. The van der Waals surface area contributed by atoms with Crippen molar-refractivity contribution in [2.75, 3.05) is 26.2 Å². The average molecular weight is 282 g/mol. The molecule has 2 fully saturated rings. The van der Waals surface area contributed by atoms with Gasteiger partial charge in [-0.3, -0.25) is 4.90 Å². The van der Waals surface area contributed by atoms with Crippen molar-refractivity contribution >= 4 is 0 Å². The second-order valence-electron chi connectivity index (χ2n) is 8.77. The molecule has 0 spiro atoms. The van der Waals surface area contributed by atoms with Crippen molar-refractivity contribution in [3.05, 3.63) is 0 Å². The van der Waals surface area contributed by atoms with Gasteiger partial charge in [-0.25, -0.2) is 0 Å². The van der Waals surface area contributed by atoms with Gasteiger partial charge in [0.05, 0.1) is 6.10 Å². The van der Waals surface area contributed by atoms with Crippen LogP contribution in [-0.4, -0.2) is 42.8 Å². The van der Waals surface area contributed by atoms with Gasteiger partial charge < -0.3 is 10.5 Å². The molecule has 1 saturated carbocycles. The van der Waals surface area contributed by atoms with Gasteiger partial charge in [-0.2, -0.15) is 0 Å². The van der Waals surface area contributed by atoms with Gasteiger partial charge in [0.25, 0.3) is 0 Å². The van der Waals surface area contributed by atoms with E-state index in [2.05, 4.69) is 39.5 Å². The summed E-state index contributed by atoms with van der Waals surface area (Å²) in [6.45, 7) is 15.7. The molecule has 0 amide bonds. The Labute approximate surface area is 125 Å². The fourth-order valence-corrected chi connectivity index (χ4v) is 5.19. The third-order valence-electron chi connectivity index (χ3n) is 5.08. The van der Waals surface area contributed by atoms with Gasteiger partial charge in [-0.05, 0) is 43.4 Å². The number of hydrogen-bond donors (Lipinski definition) is 1. The van der Waals surface area contributed by atoms with Gasteiger partial charge in [0.1, 0.15) is 0 Å². The highest BCUT2D eigenvalue weighted by atomic mass is 16.5. The van der Waals surface area contributed by atoms with Gasteiger partial charge >= 0.3 is 0 Å². The van der Waals surface area contributed by atoms with E-state index >= 15 is 0 Å². The summed E-state index contributed by atoms with van der Waals surface area (Å²) >= 11 is 0. The summed E-state index contributed by atoms with van der Waals surface area (Å²) < 4.78 is 5.83. The highest BCUT2D eigenvalue weighted by molar-refractivity contribution is 5.05. The molecule has 2 N–H and O–H groups in total. The Kier molecular flexibility index (Phi) is 4.54. The van der Waals surface area contributed by atoms with E-state index in [9.17, 15) is 0 Å². The zero-order valence-electron chi connectivity index (χ0n) is 14.2. The molecule has 0 radical (unpaired) electrons. The Bertz CT molecular complexity index is 322. The Morgan fingerprint density at radius 2 is 1.70 bits per heavy atom. The maximum absolute atomic E-state index is 6.33. The van der Waals surface area contributed by atoms with Crippen molar-refractivity contribution < 1.29 is 4.74 Å². The van der Waals surface area contributed by atoms with E-state index in [1.165, 1.54) is 19.3 Å². The van der Waals surface area contributed by atoms with E-state index in [0.29, 0.717) is 16.9 Å². The molecule has 1 heterocycles. The van der Waals surface area contributed by atoms with Gasteiger partial charge in [-0.1, -0.05) is 27.7 Å². The van der Waals surface area contributed by atoms with E-state index in [1.807, 2.05) is 0 Å². The van der Waals surface area contributed by atoms with Crippen LogP contribution in [0.15, 0.2) is 0 Å². The summed E-state index contributed by atoms with van der Waals surface area (Å²) in [5.41, 5.74) is 7.23. The molecular formula is C17H34N2O. The number of ether oxygens (including phenoxy) is 1. The Morgan fingerprint density at radius 3 is 2.25 bits per heavy atom. The second-order valence-corrected chi connectivity index (χ2v) is 8.77. The lowest BCUT2D eigenvalue weighted by Crippen LogP contribution is -2.61. The van der Waals surface area contributed by atoms with Crippen LogP contribution in [0.3, 0.4) is 0 Å². The van der Waals surface area contributed by atoms with Crippen LogP contribution in [0, 0.1) is 10.8 Å². The molecular weight excluding hydrogens is 248 g/mol. The smallest absolute Gasteiger partial charge is 0.0674 e. The van der Waals surface area contributed by atoms with E-state index in [-0.39, 0.29) is 5.54 Å². The first-order valence-corrected chi connectivity index (χ1v) is 8.25. The maximum Gasteiger partial charge on any atom is 0.0674 e. The van der Waals surface area contributed by atoms with Crippen LogP contribution in [0.25, 0.3) is 0 Å². The zero-order valence-corrected chi connectivity index (χ0v) is 14.2. The monoisotopic (exact) mass is 282 g/mol. The molecule has 1 aliphatic heterocycles. The molecule has 3 nitrogen and oxygen atoms in total. The molecule has 1 saturated heterocycles. The Hall–Kier alpha value is -0.120. The van der Waals surface area contributed by atoms with Crippen LogP contribution in [0.2, 0.25) is 0 Å². The van der Waals surface area contributed by atoms with E-state index < -0.39 is 0 Å². The topological polar surface area (TPSA) is 38.5 Å². The number of nitrogens with zero attached hydrogens (tertiary/aromatic N) is 1. The van der Waals surface area contributed by atoms with E-state index in [0.717, 1.165) is 32.7 Å². The van der Waals surface area contributed by atoms with Gasteiger partial charge in [0, 0.05) is 31.8 Å². The lowest BCUT2D eigenvalue weighted by molar-refractivity contribution is -0.0515. The molecule has 1 atom stereocenters. The first-order valence-electron chi connectivity index (χ1n) is 8.25. The van der Waals surface area contributed by atoms with Crippen molar-refractivity contribution in [2.45, 2.75) is 71.9 Å². The number of nitrogens with two attached hydrogens (primary N) is 1. The molecule has 2 aliphatic rings. The standard InChI is InChI=1S/C17H34N2O/c1-14-9-19(7-6-8-20-14)17(13-18)11-15(2,3)10-16(4,5)12-17/h14H,6-13,18H2,1-5H3. The Morgan fingerprint density at radius 1 is 1.10 bits per heavy atom. The fourth-order valence-electron chi connectivity index (χ4n) is 5.19. The molecule has 0 aromatic carbocycles. The lowest BCUT2D eigenvalue weighted by atomic mass is 9.58. The zero-order chi connectivity index (χ0) is 15.0. The molecule has 1 unspecified atom stereocenters. The van der Waals surface area contributed by atoms with Crippen LogP contribution in [-0.2, 0) is 4.74 Å². The fraction of sp³-hybridized carbons (Fsp3) is 1.00. The molecule has 118 valence electrons. The summed E-state index contributed by atoms with van der Waals surface area (Å²) in [6.07, 6.45) is 5.18. The first kappa shape index (κ1) is 16.3. The lowest BCUT2D eigenvalue weighted by Gasteiger charge is -2.56. The summed E-state index contributed by atoms with van der Waals surface area (Å²) in [5.74, 6) is 0. The van der Waals surface area contributed by atoms with Gasteiger partial charge in [-0.15, -0.1) is 0 Å². The third kappa shape index (κ3) is 3.55. The predicted octanol–water partition coefficient (Wildman–Crippen LogP) is 3.03. The van der Waals surface area contributed by atoms with Crippen LogP contribution >= 0.6 is 0 Å². The van der Waals surface area contributed by atoms with Crippen molar-refractivity contribution in [3.8, 4) is 0 Å². The van der Waals surface area contributed by atoms with E-state index in [1.54, 1.807) is 0 Å². The van der Waals surface area contributed by atoms with Crippen LogP contribution in [0.1, 0.15) is 60.3 Å². The molecule has 1 aliphatic carbocycles. The largest absolute Gasteiger partial charge is 0.377 e. The highest BCUT2D eigenvalue weighted by Crippen LogP contribution is 2.52. The minimum absolute atomic E-state index is 0.160. The highest BCUT2D eigenvalue weighted by Gasteiger charge is 2.49. The van der Waals surface area contributed by atoms with Crippen LogP contribution in [0.4, 0.5) is 0 Å². The molecule has 0 aromatic rings. The Balaban J connectivity index is 2.26. The van der Waals surface area contributed by atoms with Crippen molar-refractivity contribution in [1.82, 2.24) is 4.90 Å².